The Morgan fingerprint density at radius 3 is 2.71 bits per heavy atom. The Morgan fingerprint density at radius 2 is 2.24 bits per heavy atom. The van der Waals surface area contributed by atoms with Crippen LogP contribution in [0.4, 0.5) is 10.1 Å². The fourth-order valence-electron chi connectivity index (χ4n) is 1.30. The number of esters is 1. The van der Waals surface area contributed by atoms with Crippen LogP contribution in [0, 0.1) is 15.9 Å². The third-order valence-corrected chi connectivity index (χ3v) is 2.41. The normalized spacial score (nSPS) is 10.1. The number of benzene rings is 1. The molecule has 0 spiro atoms. The Kier molecular flexibility index (Phi) is 4.39. The van der Waals surface area contributed by atoms with Gasteiger partial charge in [-0.25, -0.2) is 0 Å². The molecule has 0 bridgehead atoms. The fourth-order valence-corrected chi connectivity index (χ4v) is 1.45. The van der Waals surface area contributed by atoms with Crippen molar-refractivity contribution in [2.45, 2.75) is 12.3 Å². The molecule has 0 aromatic heterocycles. The zero-order valence-electron chi connectivity index (χ0n) is 8.91. The van der Waals surface area contributed by atoms with Crippen LogP contribution in [0.1, 0.15) is 11.1 Å². The highest BCUT2D eigenvalue weighted by atomic mass is 35.5. The minimum atomic E-state index is -1.03. The van der Waals surface area contributed by atoms with E-state index in [4.69, 9.17) is 11.6 Å². The first-order valence-corrected chi connectivity index (χ1v) is 5.11. The maximum atomic E-state index is 13.6. The SMILES string of the molecule is COC(=O)Cc1cc(CCl)cc([N+](=O)[O-])c1F. The molecule has 0 radical (unpaired) electrons. The van der Waals surface area contributed by atoms with Crippen LogP contribution in [-0.2, 0) is 21.8 Å². The second kappa shape index (κ2) is 5.58. The van der Waals surface area contributed by atoms with E-state index in [1.54, 1.807) is 0 Å². The predicted octanol–water partition coefficient (Wildman–Crippen LogP) is 2.19. The number of hydrogen-bond donors (Lipinski definition) is 0. The van der Waals surface area contributed by atoms with Gasteiger partial charge in [0.2, 0.25) is 5.82 Å². The van der Waals surface area contributed by atoms with Crippen molar-refractivity contribution in [1.29, 1.82) is 0 Å². The number of halogens is 2. The molecule has 0 saturated carbocycles. The number of ether oxygens (including phenoxy) is 1. The molecular weight excluding hydrogens is 253 g/mol. The van der Waals surface area contributed by atoms with Crippen LogP contribution in [0.2, 0.25) is 0 Å². The Labute approximate surface area is 101 Å². The Bertz CT molecular complexity index is 464. The third kappa shape index (κ3) is 3.13. The molecule has 0 unspecified atom stereocenters. The third-order valence-electron chi connectivity index (χ3n) is 2.10. The van der Waals surface area contributed by atoms with Crippen molar-refractivity contribution < 1.29 is 18.8 Å². The molecule has 0 aliphatic rings. The van der Waals surface area contributed by atoms with E-state index in [0.717, 1.165) is 13.2 Å². The molecule has 5 nitrogen and oxygen atoms in total. The highest BCUT2D eigenvalue weighted by Crippen LogP contribution is 2.24. The highest BCUT2D eigenvalue weighted by molar-refractivity contribution is 6.17. The maximum absolute atomic E-state index is 13.6. The van der Waals surface area contributed by atoms with Crippen molar-refractivity contribution in [3.63, 3.8) is 0 Å². The van der Waals surface area contributed by atoms with Crippen LogP contribution in [0.15, 0.2) is 12.1 Å². The summed E-state index contributed by atoms with van der Waals surface area (Å²) in [7, 11) is 1.15. The highest BCUT2D eigenvalue weighted by Gasteiger charge is 2.21. The number of methoxy groups -OCH3 is 1. The van der Waals surface area contributed by atoms with Crippen molar-refractivity contribution in [2.75, 3.05) is 7.11 Å². The summed E-state index contributed by atoms with van der Waals surface area (Å²) in [6, 6.07) is 2.36. The molecule has 0 heterocycles. The zero-order chi connectivity index (χ0) is 13.0. The number of carbonyl (C=O) groups excluding carboxylic acids is 1. The van der Waals surface area contributed by atoms with E-state index in [2.05, 4.69) is 4.74 Å². The minimum Gasteiger partial charge on any atom is -0.469 e. The summed E-state index contributed by atoms with van der Waals surface area (Å²) in [4.78, 5) is 20.8. The van der Waals surface area contributed by atoms with Gasteiger partial charge < -0.3 is 4.74 Å². The van der Waals surface area contributed by atoms with Crippen molar-refractivity contribution in [3.8, 4) is 0 Å². The van der Waals surface area contributed by atoms with Gasteiger partial charge in [-0.15, -0.1) is 11.6 Å². The molecule has 1 rings (SSSR count). The number of nitro benzene ring substituents is 1. The van der Waals surface area contributed by atoms with Crippen LogP contribution in [0.5, 0.6) is 0 Å². The fraction of sp³-hybridized carbons (Fsp3) is 0.300. The van der Waals surface area contributed by atoms with Gasteiger partial charge in [0.15, 0.2) is 0 Å². The van der Waals surface area contributed by atoms with Gasteiger partial charge in [-0.2, -0.15) is 4.39 Å². The summed E-state index contributed by atoms with van der Waals surface area (Å²) in [5.41, 5.74) is -0.414. The average molecular weight is 262 g/mol. The number of nitrogens with zero attached hydrogens (tertiary/aromatic N) is 1. The molecule has 0 saturated heterocycles. The lowest BCUT2D eigenvalue weighted by atomic mass is 10.1. The van der Waals surface area contributed by atoms with E-state index >= 15 is 0 Å². The predicted molar refractivity (Wildman–Crippen MR) is 58.3 cm³/mol. The standard InChI is InChI=1S/C10H9ClFNO4/c1-17-9(14)4-7-2-6(5-11)3-8(10(7)12)13(15)16/h2-3H,4-5H2,1H3. The van der Waals surface area contributed by atoms with Crippen molar-refractivity contribution in [2.24, 2.45) is 0 Å². The summed E-state index contributed by atoms with van der Waals surface area (Å²) in [6.07, 6.45) is -0.367. The smallest absolute Gasteiger partial charge is 0.310 e. The summed E-state index contributed by atoms with van der Waals surface area (Å²) < 4.78 is 18.0. The number of hydrogen-bond acceptors (Lipinski definition) is 4. The van der Waals surface area contributed by atoms with Gasteiger partial charge in [0.25, 0.3) is 0 Å². The van der Waals surface area contributed by atoms with Gasteiger partial charge in [0.1, 0.15) is 0 Å². The molecule has 17 heavy (non-hydrogen) atoms. The average Bonchev–Trinajstić information content (AvgIpc) is 2.31. The molecule has 92 valence electrons. The van der Waals surface area contributed by atoms with Crippen LogP contribution in [-0.4, -0.2) is 18.0 Å². The van der Waals surface area contributed by atoms with Crippen molar-refractivity contribution in [3.05, 3.63) is 39.2 Å². The summed E-state index contributed by atoms with van der Waals surface area (Å²) in [5, 5.41) is 10.6. The van der Waals surface area contributed by atoms with Crippen LogP contribution in [0.25, 0.3) is 0 Å². The molecular formula is C10H9ClFNO4. The summed E-state index contributed by atoms with van der Waals surface area (Å²) >= 11 is 5.54. The molecule has 0 atom stereocenters. The van der Waals surface area contributed by atoms with Crippen molar-refractivity contribution in [1.82, 2.24) is 0 Å². The van der Waals surface area contributed by atoms with Gasteiger partial charge in [0, 0.05) is 17.5 Å². The largest absolute Gasteiger partial charge is 0.469 e. The molecule has 0 amide bonds. The summed E-state index contributed by atoms with van der Waals surface area (Å²) in [5.74, 6) is -1.71. The lowest BCUT2D eigenvalue weighted by molar-refractivity contribution is -0.387. The monoisotopic (exact) mass is 261 g/mol. The Hall–Kier alpha value is -1.69. The lowest BCUT2D eigenvalue weighted by Crippen LogP contribution is -2.08. The first kappa shape index (κ1) is 13.4. The van der Waals surface area contributed by atoms with E-state index in [1.807, 2.05) is 0 Å². The second-order valence-corrected chi connectivity index (χ2v) is 3.50. The number of alkyl halides is 1. The van der Waals surface area contributed by atoms with Gasteiger partial charge in [-0.1, -0.05) is 6.07 Å². The topological polar surface area (TPSA) is 69.4 Å². The molecule has 7 heteroatoms. The van der Waals surface area contributed by atoms with Gasteiger partial charge >= 0.3 is 11.7 Å². The molecule has 0 aliphatic heterocycles. The number of nitro groups is 1. The van der Waals surface area contributed by atoms with Crippen molar-refractivity contribution >= 4 is 23.3 Å². The van der Waals surface area contributed by atoms with Gasteiger partial charge in [-0.05, 0) is 5.56 Å². The van der Waals surface area contributed by atoms with Gasteiger partial charge in [-0.3, -0.25) is 14.9 Å². The van der Waals surface area contributed by atoms with E-state index in [1.165, 1.54) is 6.07 Å². The second-order valence-electron chi connectivity index (χ2n) is 3.23. The number of rotatable bonds is 4. The Balaban J connectivity index is 3.23. The first-order valence-electron chi connectivity index (χ1n) is 4.58. The van der Waals surface area contributed by atoms with E-state index in [9.17, 15) is 19.3 Å². The lowest BCUT2D eigenvalue weighted by Gasteiger charge is -2.05. The van der Waals surface area contributed by atoms with Gasteiger partial charge in [0.05, 0.1) is 18.5 Å². The summed E-state index contributed by atoms with van der Waals surface area (Å²) in [6.45, 7) is 0. The number of carbonyl (C=O) groups is 1. The van der Waals surface area contributed by atoms with Crippen LogP contribution < -0.4 is 0 Å². The maximum Gasteiger partial charge on any atom is 0.310 e. The van der Waals surface area contributed by atoms with E-state index in [-0.39, 0.29) is 17.9 Å². The Morgan fingerprint density at radius 1 is 1.59 bits per heavy atom. The molecule has 0 aliphatic carbocycles. The van der Waals surface area contributed by atoms with E-state index in [0.29, 0.717) is 5.56 Å². The molecule has 0 fully saturated rings. The minimum absolute atomic E-state index is 0.00467. The van der Waals surface area contributed by atoms with Crippen LogP contribution >= 0.6 is 11.6 Å². The first-order chi connectivity index (χ1) is 7.99. The molecule has 1 aromatic carbocycles. The molecule has 0 N–H and O–H groups in total. The zero-order valence-corrected chi connectivity index (χ0v) is 9.66. The molecule has 1 aromatic rings. The van der Waals surface area contributed by atoms with E-state index < -0.39 is 22.4 Å². The quantitative estimate of drug-likeness (QED) is 0.360. The van der Waals surface area contributed by atoms with Crippen LogP contribution in [0.3, 0.4) is 0 Å².